The van der Waals surface area contributed by atoms with Gasteiger partial charge in [-0.1, -0.05) is 74.3 Å². The van der Waals surface area contributed by atoms with E-state index in [1.54, 1.807) is 30.0 Å². The molecule has 0 bridgehead atoms. The van der Waals surface area contributed by atoms with Crippen molar-refractivity contribution in [2.24, 2.45) is 11.8 Å². The third-order valence-corrected chi connectivity index (χ3v) is 10.3. The first-order valence-corrected chi connectivity index (χ1v) is 15.8. The highest BCUT2D eigenvalue weighted by molar-refractivity contribution is 7.99. The fourth-order valence-corrected chi connectivity index (χ4v) is 7.44. The predicted octanol–water partition coefficient (Wildman–Crippen LogP) is 5.81. The maximum Gasteiger partial charge on any atom is 0.256 e. The Morgan fingerprint density at radius 3 is 2.25 bits per heavy atom. The summed E-state index contributed by atoms with van der Waals surface area (Å²) in [7, 11) is -4.15. The molecule has 0 radical (unpaired) electrons. The number of carbonyl (C=O) groups is 1. The summed E-state index contributed by atoms with van der Waals surface area (Å²) in [5.41, 5.74) is 1.04. The first kappa shape index (κ1) is 29.9. The van der Waals surface area contributed by atoms with Crippen molar-refractivity contribution in [3.8, 4) is 11.5 Å². The van der Waals surface area contributed by atoms with Crippen LogP contribution in [0.3, 0.4) is 0 Å². The van der Waals surface area contributed by atoms with E-state index in [1.807, 2.05) is 37.3 Å². The van der Waals surface area contributed by atoms with Crippen LogP contribution in [0.15, 0.2) is 81.4 Å². The number of benzene rings is 3. The summed E-state index contributed by atoms with van der Waals surface area (Å²) in [5, 5.41) is 21.6. The van der Waals surface area contributed by atoms with Crippen LogP contribution in [-0.2, 0) is 14.8 Å². The summed E-state index contributed by atoms with van der Waals surface area (Å²) in [6.45, 7) is 4.03. The summed E-state index contributed by atoms with van der Waals surface area (Å²) < 4.78 is 27.6. The van der Waals surface area contributed by atoms with Gasteiger partial charge in [0.1, 0.15) is 6.04 Å². The Hall–Kier alpha value is -3.05. The lowest BCUT2D eigenvalue weighted by Crippen LogP contribution is -2.55. The average molecular weight is 584 g/mol. The molecule has 1 aliphatic rings. The smallest absolute Gasteiger partial charge is 0.256 e. The second-order valence-electron chi connectivity index (χ2n) is 10.2. The van der Waals surface area contributed by atoms with Crippen LogP contribution in [0.4, 0.5) is 5.69 Å². The minimum absolute atomic E-state index is 0.00810. The van der Waals surface area contributed by atoms with Crippen molar-refractivity contribution in [3.05, 3.63) is 72.3 Å². The number of nitrogens with two attached hydrogens (primary N) is 1. The average Bonchev–Trinajstić information content (AvgIpc) is 3.48. The maximum absolute atomic E-state index is 14.3. The zero-order valence-corrected chi connectivity index (χ0v) is 24.5. The normalized spacial score (nSPS) is 14.9. The minimum atomic E-state index is -4.15. The van der Waals surface area contributed by atoms with Gasteiger partial charge in [0.05, 0.1) is 15.5 Å². The first-order chi connectivity index (χ1) is 19.1. The molecule has 214 valence electrons. The number of carbonyl (C=O) groups excluding carboxylic acids is 1. The molecule has 0 heterocycles. The van der Waals surface area contributed by atoms with Crippen LogP contribution >= 0.6 is 11.8 Å². The molecular weight excluding hydrogens is 546 g/mol. The van der Waals surface area contributed by atoms with E-state index in [9.17, 15) is 23.4 Å². The van der Waals surface area contributed by atoms with E-state index in [2.05, 4.69) is 0 Å². The molecule has 10 heteroatoms. The Kier molecular flexibility index (Phi) is 9.78. The number of amides is 1. The van der Waals surface area contributed by atoms with Gasteiger partial charge in [0, 0.05) is 17.5 Å². The largest absolute Gasteiger partial charge is 0.504 e. The van der Waals surface area contributed by atoms with E-state index < -0.39 is 22.0 Å². The second-order valence-corrected chi connectivity index (χ2v) is 13.1. The van der Waals surface area contributed by atoms with Gasteiger partial charge in [-0.05, 0) is 61.9 Å². The number of sulfonamides is 1. The van der Waals surface area contributed by atoms with Crippen molar-refractivity contribution in [1.29, 1.82) is 0 Å². The number of phenolic OH excluding ortho intramolecular Hbond substituents is 2. The lowest BCUT2D eigenvalue weighted by atomic mass is 10.0. The van der Waals surface area contributed by atoms with Crippen molar-refractivity contribution in [3.63, 3.8) is 0 Å². The van der Waals surface area contributed by atoms with Crippen LogP contribution in [-0.4, -0.2) is 41.5 Å². The van der Waals surface area contributed by atoms with E-state index in [0.717, 1.165) is 30.6 Å². The topological polar surface area (TPSA) is 124 Å². The SMILES string of the molecule is CCCC(C(=O)N(CC1CCCC1)c1cc(O)c(O)c(Sc2ccccc2)c1C)N(N)S(=O)(=O)c1ccccc1. The highest BCUT2D eigenvalue weighted by Crippen LogP contribution is 2.46. The van der Waals surface area contributed by atoms with Gasteiger partial charge >= 0.3 is 0 Å². The maximum atomic E-state index is 14.3. The number of anilines is 1. The number of nitrogens with zero attached hydrogens (tertiary/aromatic N) is 2. The summed E-state index contributed by atoms with van der Waals surface area (Å²) in [5.74, 6) is 5.42. The lowest BCUT2D eigenvalue weighted by Gasteiger charge is -2.34. The molecule has 8 nitrogen and oxygen atoms in total. The Balaban J connectivity index is 1.78. The van der Waals surface area contributed by atoms with Gasteiger partial charge in [-0.2, -0.15) is 0 Å². The van der Waals surface area contributed by atoms with Gasteiger partial charge < -0.3 is 15.1 Å². The molecule has 4 N–H and O–H groups in total. The Morgan fingerprint density at radius 2 is 1.65 bits per heavy atom. The Morgan fingerprint density at radius 1 is 1.05 bits per heavy atom. The molecular formula is C30H37N3O5S2. The molecule has 0 saturated heterocycles. The highest BCUT2D eigenvalue weighted by Gasteiger charge is 2.38. The molecule has 3 aromatic carbocycles. The van der Waals surface area contributed by atoms with Crippen molar-refractivity contribution in [2.75, 3.05) is 11.4 Å². The molecule has 0 spiro atoms. The molecule has 1 saturated carbocycles. The van der Waals surface area contributed by atoms with Gasteiger partial charge in [-0.3, -0.25) is 10.6 Å². The number of hydrogen-bond donors (Lipinski definition) is 3. The fraction of sp³-hybridized carbons (Fsp3) is 0.367. The molecule has 4 rings (SSSR count). The van der Waals surface area contributed by atoms with E-state index in [1.165, 1.54) is 30.0 Å². The van der Waals surface area contributed by atoms with Crippen molar-refractivity contribution in [2.45, 2.75) is 73.1 Å². The minimum Gasteiger partial charge on any atom is -0.504 e. The van der Waals surface area contributed by atoms with E-state index in [0.29, 0.717) is 33.5 Å². The zero-order chi connectivity index (χ0) is 28.9. The highest BCUT2D eigenvalue weighted by atomic mass is 32.2. The quantitative estimate of drug-likeness (QED) is 0.148. The molecule has 40 heavy (non-hydrogen) atoms. The number of phenols is 2. The lowest BCUT2D eigenvalue weighted by molar-refractivity contribution is -0.122. The van der Waals surface area contributed by atoms with Gasteiger partial charge in [0.25, 0.3) is 10.0 Å². The van der Waals surface area contributed by atoms with Crippen LogP contribution in [0, 0.1) is 12.8 Å². The van der Waals surface area contributed by atoms with Crippen LogP contribution in [0.1, 0.15) is 51.0 Å². The third kappa shape index (κ3) is 6.46. The van der Waals surface area contributed by atoms with Gasteiger partial charge in [0.2, 0.25) is 5.91 Å². The van der Waals surface area contributed by atoms with Crippen molar-refractivity contribution < 1.29 is 23.4 Å². The summed E-state index contributed by atoms with van der Waals surface area (Å²) >= 11 is 1.29. The van der Waals surface area contributed by atoms with Crippen molar-refractivity contribution in [1.82, 2.24) is 4.41 Å². The zero-order valence-electron chi connectivity index (χ0n) is 22.9. The molecule has 1 aliphatic carbocycles. The fourth-order valence-electron chi connectivity index (χ4n) is 5.18. The van der Waals surface area contributed by atoms with Crippen LogP contribution in [0.5, 0.6) is 11.5 Å². The van der Waals surface area contributed by atoms with Crippen LogP contribution in [0.25, 0.3) is 0 Å². The Labute approximate surface area is 240 Å². The molecule has 0 aliphatic heterocycles. The number of rotatable bonds is 11. The second kappa shape index (κ2) is 13.1. The first-order valence-electron chi connectivity index (χ1n) is 13.6. The van der Waals surface area contributed by atoms with E-state index >= 15 is 0 Å². The van der Waals surface area contributed by atoms with Gasteiger partial charge in [0.15, 0.2) is 11.5 Å². The monoisotopic (exact) mass is 583 g/mol. The summed E-state index contributed by atoms with van der Waals surface area (Å²) in [6.07, 6.45) is 4.77. The van der Waals surface area contributed by atoms with E-state index in [4.69, 9.17) is 5.84 Å². The number of aromatic hydroxyl groups is 2. The molecule has 1 atom stereocenters. The third-order valence-electron chi connectivity index (χ3n) is 7.36. The molecule has 0 aromatic heterocycles. The van der Waals surface area contributed by atoms with E-state index in [-0.39, 0.29) is 28.7 Å². The molecule has 3 aromatic rings. The molecule has 1 unspecified atom stereocenters. The standard InChI is InChI=1S/C30H37N3O5S2/c1-3-12-25(33(31)40(37,38)24-17-8-5-9-18-24)30(36)32(20-22-13-10-11-14-22)26-19-27(34)28(35)29(21(26)2)39-23-15-6-4-7-16-23/h4-9,15-19,22,25,34-35H,3,10-14,20,31H2,1-2H3. The van der Waals surface area contributed by atoms with Crippen molar-refractivity contribution >= 4 is 33.4 Å². The number of hydrogen-bond acceptors (Lipinski definition) is 7. The van der Waals surface area contributed by atoms with Gasteiger partial charge in [-0.15, -0.1) is 4.41 Å². The Bertz CT molecular complexity index is 1410. The predicted molar refractivity (Wildman–Crippen MR) is 158 cm³/mol. The molecule has 1 fully saturated rings. The van der Waals surface area contributed by atoms with Gasteiger partial charge in [-0.25, -0.2) is 8.42 Å². The van der Waals surface area contributed by atoms with Crippen LogP contribution < -0.4 is 10.7 Å². The summed E-state index contributed by atoms with van der Waals surface area (Å²) in [6, 6.07) is 17.5. The summed E-state index contributed by atoms with van der Waals surface area (Å²) in [4.78, 5) is 17.2. The number of hydrazine groups is 1. The molecule has 1 amide bonds. The van der Waals surface area contributed by atoms with Crippen LogP contribution in [0.2, 0.25) is 0 Å².